The third-order valence-electron chi connectivity index (χ3n) is 5.12. The second kappa shape index (κ2) is 8.83. The van der Waals surface area contributed by atoms with Gasteiger partial charge in [0.2, 0.25) is 11.8 Å². The first-order valence-electron chi connectivity index (χ1n) is 10.1. The van der Waals surface area contributed by atoms with E-state index in [0.29, 0.717) is 18.0 Å². The van der Waals surface area contributed by atoms with Crippen molar-refractivity contribution < 1.29 is 14.1 Å². The molecule has 4 rings (SSSR count). The van der Waals surface area contributed by atoms with Crippen molar-refractivity contribution in [3.8, 4) is 28.1 Å². The van der Waals surface area contributed by atoms with Gasteiger partial charge in [0.05, 0.1) is 18.4 Å². The minimum absolute atomic E-state index is 0.0814. The number of nitrogens with zero attached hydrogens (tertiary/aromatic N) is 3. The van der Waals surface area contributed by atoms with Gasteiger partial charge in [0.25, 0.3) is 0 Å². The topological polar surface area (TPSA) is 68.5 Å². The average molecular weight is 413 g/mol. The second-order valence-electron chi connectivity index (χ2n) is 7.04. The van der Waals surface area contributed by atoms with Crippen molar-refractivity contribution in [2.75, 3.05) is 12.0 Å². The summed E-state index contributed by atoms with van der Waals surface area (Å²) in [5.41, 5.74) is 4.83. The molecule has 0 bridgehead atoms. The molecule has 0 aliphatic carbocycles. The van der Waals surface area contributed by atoms with Crippen LogP contribution < -0.4 is 9.64 Å². The van der Waals surface area contributed by atoms with Crippen LogP contribution in [0.3, 0.4) is 0 Å². The largest absolute Gasteiger partial charge is 0.497 e. The quantitative estimate of drug-likeness (QED) is 0.400. The maximum absolute atomic E-state index is 13.1. The van der Waals surface area contributed by atoms with Crippen LogP contribution in [0.15, 0.2) is 77.6 Å². The lowest BCUT2D eigenvalue weighted by molar-refractivity contribution is -0.117. The molecule has 1 amide bonds. The van der Waals surface area contributed by atoms with Gasteiger partial charge in [0.1, 0.15) is 11.4 Å². The maximum Gasteiger partial charge on any atom is 0.247 e. The summed E-state index contributed by atoms with van der Waals surface area (Å²) in [5, 5.41) is 4.38. The minimum Gasteiger partial charge on any atom is -0.497 e. The molecule has 0 fully saturated rings. The van der Waals surface area contributed by atoms with Gasteiger partial charge in [-0.25, -0.2) is 4.90 Å². The fourth-order valence-electron chi connectivity index (χ4n) is 3.49. The molecular weight excluding hydrogens is 390 g/mol. The molecule has 6 heteroatoms. The Morgan fingerprint density at radius 2 is 1.71 bits per heavy atom. The van der Waals surface area contributed by atoms with Crippen LogP contribution in [-0.4, -0.2) is 23.2 Å². The number of anilines is 2. The molecule has 31 heavy (non-hydrogen) atoms. The molecule has 0 radical (unpaired) electrons. The summed E-state index contributed by atoms with van der Waals surface area (Å²) in [6.45, 7) is 3.80. The molecule has 2 aromatic heterocycles. The molecule has 0 unspecified atom stereocenters. The Balaban J connectivity index is 1.95. The van der Waals surface area contributed by atoms with Crippen molar-refractivity contribution in [1.82, 2.24) is 10.1 Å². The molecule has 4 aromatic rings. The number of carbonyl (C=O) groups is 1. The predicted octanol–water partition coefficient (Wildman–Crippen LogP) is 5.80. The van der Waals surface area contributed by atoms with Gasteiger partial charge in [-0.15, -0.1) is 0 Å². The van der Waals surface area contributed by atoms with E-state index in [9.17, 15) is 4.79 Å². The molecule has 0 aliphatic heterocycles. The van der Waals surface area contributed by atoms with Crippen molar-refractivity contribution in [1.29, 1.82) is 0 Å². The zero-order valence-corrected chi connectivity index (χ0v) is 17.7. The first kappa shape index (κ1) is 20.3. The third-order valence-corrected chi connectivity index (χ3v) is 5.12. The van der Waals surface area contributed by atoms with Gasteiger partial charge < -0.3 is 9.26 Å². The molecule has 0 saturated heterocycles. The van der Waals surface area contributed by atoms with Crippen LogP contribution in [0.5, 0.6) is 5.75 Å². The van der Waals surface area contributed by atoms with E-state index in [4.69, 9.17) is 9.26 Å². The number of methoxy groups -OCH3 is 1. The highest BCUT2D eigenvalue weighted by atomic mass is 16.5. The molecule has 0 N–H and O–H groups in total. The van der Waals surface area contributed by atoms with Crippen LogP contribution in [0.25, 0.3) is 22.4 Å². The van der Waals surface area contributed by atoms with Gasteiger partial charge >= 0.3 is 0 Å². The first-order valence-corrected chi connectivity index (χ1v) is 10.1. The average Bonchev–Trinajstić information content (AvgIpc) is 3.25. The van der Waals surface area contributed by atoms with E-state index in [2.05, 4.69) is 10.1 Å². The normalized spacial score (nSPS) is 10.7. The number of aromatic nitrogens is 2. The summed E-state index contributed by atoms with van der Waals surface area (Å²) < 4.78 is 11.1. The number of hydrogen-bond donors (Lipinski definition) is 0. The summed E-state index contributed by atoms with van der Waals surface area (Å²) in [7, 11) is 1.63. The highest BCUT2D eigenvalue weighted by molar-refractivity contribution is 6.04. The lowest BCUT2D eigenvalue weighted by atomic mass is 10.0. The number of aryl methyl sites for hydroxylation is 1. The van der Waals surface area contributed by atoms with E-state index in [-0.39, 0.29) is 5.91 Å². The van der Waals surface area contributed by atoms with Crippen LogP contribution in [0, 0.1) is 6.92 Å². The molecule has 6 nitrogen and oxygen atoms in total. The van der Waals surface area contributed by atoms with Crippen LogP contribution in [0.1, 0.15) is 18.9 Å². The standard InChI is InChI=1S/C25H23N3O3/c1-4-22(29)28(21-8-6-5-7-17(21)2)25-23(18-13-15-26-16-14-18)24(27-31-25)19-9-11-20(30-3)12-10-19/h5-16H,4H2,1-3H3. The smallest absolute Gasteiger partial charge is 0.247 e. The van der Waals surface area contributed by atoms with Gasteiger partial charge in [-0.2, -0.15) is 0 Å². The number of ether oxygens (including phenoxy) is 1. The van der Waals surface area contributed by atoms with Gasteiger partial charge in [-0.3, -0.25) is 9.78 Å². The summed E-state index contributed by atoms with van der Waals surface area (Å²) >= 11 is 0. The zero-order chi connectivity index (χ0) is 21.8. The summed E-state index contributed by atoms with van der Waals surface area (Å²) in [4.78, 5) is 18.8. The van der Waals surface area contributed by atoms with Crippen LogP contribution >= 0.6 is 0 Å². The van der Waals surface area contributed by atoms with Crippen LogP contribution in [-0.2, 0) is 4.79 Å². The summed E-state index contributed by atoms with van der Waals surface area (Å²) in [6.07, 6.45) is 3.75. The van der Waals surface area contributed by atoms with E-state index in [0.717, 1.165) is 33.7 Å². The fraction of sp³-hybridized carbons (Fsp3) is 0.160. The first-order chi connectivity index (χ1) is 15.1. The Morgan fingerprint density at radius 3 is 2.35 bits per heavy atom. The van der Waals surface area contributed by atoms with E-state index >= 15 is 0 Å². The summed E-state index contributed by atoms with van der Waals surface area (Å²) in [6, 6.07) is 19.1. The van der Waals surface area contributed by atoms with Gasteiger partial charge in [0.15, 0.2) is 0 Å². The lowest BCUT2D eigenvalue weighted by Gasteiger charge is -2.22. The SMILES string of the molecule is CCC(=O)N(c1ccccc1C)c1onc(-c2ccc(OC)cc2)c1-c1ccncc1. The number of hydrogen-bond acceptors (Lipinski definition) is 5. The molecule has 2 aromatic carbocycles. The van der Waals surface area contributed by atoms with Crippen LogP contribution in [0.2, 0.25) is 0 Å². The maximum atomic E-state index is 13.1. The predicted molar refractivity (Wildman–Crippen MR) is 120 cm³/mol. The minimum atomic E-state index is -0.0814. The molecule has 0 atom stereocenters. The van der Waals surface area contributed by atoms with E-state index < -0.39 is 0 Å². The number of pyridine rings is 1. The van der Waals surface area contributed by atoms with Crippen LogP contribution in [0.4, 0.5) is 11.6 Å². The molecule has 156 valence electrons. The van der Waals surface area contributed by atoms with Crippen molar-refractivity contribution in [3.63, 3.8) is 0 Å². The molecule has 0 saturated carbocycles. The van der Waals surface area contributed by atoms with Crippen molar-refractivity contribution in [2.45, 2.75) is 20.3 Å². The Hall–Kier alpha value is -3.93. The highest BCUT2D eigenvalue weighted by Gasteiger charge is 2.29. The van der Waals surface area contributed by atoms with E-state index in [1.54, 1.807) is 24.4 Å². The Labute approximate surface area is 181 Å². The Kier molecular flexibility index (Phi) is 5.80. The molecule has 0 aliphatic rings. The molecule has 2 heterocycles. The van der Waals surface area contributed by atoms with Gasteiger partial charge in [-0.05, 0) is 60.5 Å². The molecule has 0 spiro atoms. The molecular formula is C25H23N3O3. The number of para-hydroxylation sites is 1. The number of carbonyl (C=O) groups excluding carboxylic acids is 1. The Bertz CT molecular complexity index is 1180. The van der Waals surface area contributed by atoms with Gasteiger partial charge in [0, 0.05) is 24.4 Å². The number of benzene rings is 2. The number of rotatable bonds is 6. The second-order valence-corrected chi connectivity index (χ2v) is 7.04. The zero-order valence-electron chi connectivity index (χ0n) is 17.7. The summed E-state index contributed by atoms with van der Waals surface area (Å²) in [5.74, 6) is 1.06. The highest BCUT2D eigenvalue weighted by Crippen LogP contribution is 2.43. The number of amides is 1. The van der Waals surface area contributed by atoms with Crippen molar-refractivity contribution in [2.24, 2.45) is 0 Å². The van der Waals surface area contributed by atoms with E-state index in [1.165, 1.54) is 0 Å². The lowest BCUT2D eigenvalue weighted by Crippen LogP contribution is -2.25. The fourth-order valence-corrected chi connectivity index (χ4v) is 3.49. The monoisotopic (exact) mass is 413 g/mol. The van der Waals surface area contributed by atoms with Gasteiger partial charge in [-0.1, -0.05) is 30.3 Å². The van der Waals surface area contributed by atoms with E-state index in [1.807, 2.05) is 74.5 Å². The van der Waals surface area contributed by atoms with Crippen molar-refractivity contribution in [3.05, 3.63) is 78.6 Å². The van der Waals surface area contributed by atoms with Crippen molar-refractivity contribution >= 4 is 17.5 Å². The Morgan fingerprint density at radius 1 is 1.00 bits per heavy atom. The third kappa shape index (κ3) is 3.92.